The first kappa shape index (κ1) is 16.2. The molecule has 0 bridgehead atoms. The van der Waals surface area contributed by atoms with Crippen LogP contribution < -0.4 is 4.90 Å². The molecular weight excluding hydrogens is 290 g/mol. The lowest BCUT2D eigenvalue weighted by molar-refractivity contribution is 0.0723. The van der Waals surface area contributed by atoms with Gasteiger partial charge in [0.2, 0.25) is 0 Å². The number of nitrogens with zero attached hydrogens (tertiary/aromatic N) is 3. The van der Waals surface area contributed by atoms with Gasteiger partial charge in [-0.3, -0.25) is 4.79 Å². The molecule has 1 unspecified atom stereocenters. The van der Waals surface area contributed by atoms with E-state index in [0.29, 0.717) is 5.92 Å². The van der Waals surface area contributed by atoms with E-state index >= 15 is 0 Å². The molecule has 23 heavy (non-hydrogen) atoms. The minimum atomic E-state index is -0.254. The summed E-state index contributed by atoms with van der Waals surface area (Å²) in [5.74, 6) is 1.29. The predicted octanol–water partition coefficient (Wildman–Crippen LogP) is 2.30. The Labute approximate surface area is 138 Å². The number of carbonyl (C=O) groups excluding carboxylic acids is 1. The summed E-state index contributed by atoms with van der Waals surface area (Å²) in [7, 11) is 0. The molecule has 2 saturated heterocycles. The molecule has 1 aromatic heterocycles. The second-order valence-electron chi connectivity index (χ2n) is 6.79. The first-order chi connectivity index (χ1) is 11.2. The maximum Gasteiger partial charge on any atom is 0.257 e. The van der Waals surface area contributed by atoms with Crippen molar-refractivity contribution in [3.05, 3.63) is 23.9 Å². The smallest absolute Gasteiger partial charge is 0.257 e. The first-order valence-corrected chi connectivity index (χ1v) is 8.84. The zero-order chi connectivity index (χ0) is 16.2. The summed E-state index contributed by atoms with van der Waals surface area (Å²) in [4.78, 5) is 21.5. The molecule has 0 aliphatic carbocycles. The molecule has 2 aliphatic heterocycles. The standard InChI is InChI=1S/C18H27N3O2/c1-14(22)15-7-12-20(13-8-15)17-16(6-5-9-19-17)18(23)21-10-3-2-4-11-21/h5-6,9,14-15,22H,2-4,7-8,10-13H2,1H3. The maximum atomic E-state index is 12.9. The van der Waals surface area contributed by atoms with Crippen molar-refractivity contribution < 1.29 is 9.90 Å². The van der Waals surface area contributed by atoms with Crippen LogP contribution in [-0.4, -0.2) is 53.2 Å². The maximum absolute atomic E-state index is 12.9. The highest BCUT2D eigenvalue weighted by Gasteiger charge is 2.27. The lowest BCUT2D eigenvalue weighted by atomic mass is 9.92. The molecule has 0 radical (unpaired) electrons. The van der Waals surface area contributed by atoms with Crippen LogP contribution in [0.3, 0.4) is 0 Å². The van der Waals surface area contributed by atoms with Gasteiger partial charge in [0.15, 0.2) is 0 Å². The average Bonchev–Trinajstić information content (AvgIpc) is 2.62. The van der Waals surface area contributed by atoms with Crippen LogP contribution in [0, 0.1) is 5.92 Å². The van der Waals surface area contributed by atoms with Crippen LogP contribution in [0.2, 0.25) is 0 Å². The van der Waals surface area contributed by atoms with Crippen molar-refractivity contribution in [3.8, 4) is 0 Å². The summed E-state index contributed by atoms with van der Waals surface area (Å²) in [6.45, 7) is 5.29. The number of aliphatic hydroxyl groups is 1. The van der Waals surface area contributed by atoms with Gasteiger partial charge in [-0.1, -0.05) is 0 Å². The summed E-state index contributed by atoms with van der Waals surface area (Å²) < 4.78 is 0. The van der Waals surface area contributed by atoms with Crippen LogP contribution in [0.4, 0.5) is 5.82 Å². The summed E-state index contributed by atoms with van der Waals surface area (Å²) in [6, 6.07) is 3.75. The van der Waals surface area contributed by atoms with E-state index in [4.69, 9.17) is 0 Å². The Morgan fingerprint density at radius 2 is 1.91 bits per heavy atom. The molecule has 5 nitrogen and oxygen atoms in total. The number of aromatic nitrogens is 1. The van der Waals surface area contributed by atoms with E-state index in [1.165, 1.54) is 6.42 Å². The highest BCUT2D eigenvalue weighted by Crippen LogP contribution is 2.27. The Kier molecular flexibility index (Phi) is 5.16. The van der Waals surface area contributed by atoms with Gasteiger partial charge in [-0.25, -0.2) is 4.98 Å². The number of aliphatic hydroxyl groups excluding tert-OH is 1. The molecule has 126 valence electrons. The molecule has 1 N–H and O–H groups in total. The Morgan fingerprint density at radius 1 is 1.22 bits per heavy atom. The van der Waals surface area contributed by atoms with Crippen molar-refractivity contribution >= 4 is 11.7 Å². The molecule has 5 heteroatoms. The van der Waals surface area contributed by atoms with E-state index in [1.807, 2.05) is 24.0 Å². The van der Waals surface area contributed by atoms with Gasteiger partial charge in [-0.2, -0.15) is 0 Å². The van der Waals surface area contributed by atoms with Gasteiger partial charge >= 0.3 is 0 Å². The summed E-state index contributed by atoms with van der Waals surface area (Å²) >= 11 is 0. The zero-order valence-electron chi connectivity index (χ0n) is 13.9. The molecule has 2 fully saturated rings. The van der Waals surface area contributed by atoms with Crippen molar-refractivity contribution in [3.63, 3.8) is 0 Å². The second-order valence-corrected chi connectivity index (χ2v) is 6.79. The van der Waals surface area contributed by atoms with Crippen LogP contribution in [-0.2, 0) is 0 Å². The topological polar surface area (TPSA) is 56.7 Å². The monoisotopic (exact) mass is 317 g/mol. The fourth-order valence-corrected chi connectivity index (χ4v) is 3.68. The molecule has 0 saturated carbocycles. The summed E-state index contributed by atoms with van der Waals surface area (Å²) in [5.41, 5.74) is 0.727. The van der Waals surface area contributed by atoms with Gasteiger partial charge < -0.3 is 14.9 Å². The van der Waals surface area contributed by atoms with E-state index in [0.717, 1.165) is 63.2 Å². The fourth-order valence-electron chi connectivity index (χ4n) is 3.68. The number of rotatable bonds is 3. The van der Waals surface area contributed by atoms with Crippen LogP contribution in [0.25, 0.3) is 0 Å². The van der Waals surface area contributed by atoms with Gasteiger partial charge in [-0.15, -0.1) is 0 Å². The van der Waals surface area contributed by atoms with E-state index in [2.05, 4.69) is 9.88 Å². The molecule has 0 spiro atoms. The van der Waals surface area contributed by atoms with Crippen molar-refractivity contribution in [1.29, 1.82) is 0 Å². The van der Waals surface area contributed by atoms with Crippen LogP contribution in [0.15, 0.2) is 18.3 Å². The average molecular weight is 317 g/mol. The minimum Gasteiger partial charge on any atom is -0.393 e. The first-order valence-electron chi connectivity index (χ1n) is 8.84. The number of anilines is 1. The van der Waals surface area contributed by atoms with Gasteiger partial charge in [0, 0.05) is 32.4 Å². The van der Waals surface area contributed by atoms with E-state index < -0.39 is 0 Å². The Bertz CT molecular complexity index is 533. The number of hydrogen-bond donors (Lipinski definition) is 1. The highest BCUT2D eigenvalue weighted by molar-refractivity contribution is 5.99. The zero-order valence-corrected chi connectivity index (χ0v) is 13.9. The lowest BCUT2D eigenvalue weighted by Gasteiger charge is -2.35. The van der Waals surface area contributed by atoms with E-state index in [-0.39, 0.29) is 12.0 Å². The molecule has 2 aliphatic rings. The molecule has 1 aromatic rings. The fraction of sp³-hybridized carbons (Fsp3) is 0.667. The SMILES string of the molecule is CC(O)C1CCN(c2ncccc2C(=O)N2CCCCC2)CC1. The van der Waals surface area contributed by atoms with Crippen LogP contribution in [0.5, 0.6) is 0 Å². The number of amides is 1. The normalized spacial score (nSPS) is 21.3. The lowest BCUT2D eigenvalue weighted by Crippen LogP contribution is -2.40. The molecule has 1 amide bonds. The molecule has 1 atom stereocenters. The third-order valence-electron chi connectivity index (χ3n) is 5.18. The largest absolute Gasteiger partial charge is 0.393 e. The summed E-state index contributed by atoms with van der Waals surface area (Å²) in [6.07, 6.45) is 6.83. The van der Waals surface area contributed by atoms with Crippen molar-refractivity contribution in [2.24, 2.45) is 5.92 Å². The van der Waals surface area contributed by atoms with Gasteiger partial charge in [0.05, 0.1) is 11.7 Å². The Morgan fingerprint density at radius 3 is 2.57 bits per heavy atom. The predicted molar refractivity (Wildman–Crippen MR) is 90.6 cm³/mol. The van der Waals surface area contributed by atoms with Crippen LogP contribution in [0.1, 0.15) is 49.4 Å². The molecule has 0 aromatic carbocycles. The molecule has 3 rings (SSSR count). The van der Waals surface area contributed by atoms with E-state index in [1.54, 1.807) is 6.20 Å². The van der Waals surface area contributed by atoms with E-state index in [9.17, 15) is 9.90 Å². The highest BCUT2D eigenvalue weighted by atomic mass is 16.3. The third-order valence-corrected chi connectivity index (χ3v) is 5.18. The number of hydrogen-bond acceptors (Lipinski definition) is 4. The van der Waals surface area contributed by atoms with Gasteiger partial charge in [0.25, 0.3) is 5.91 Å². The Hall–Kier alpha value is -1.62. The number of pyridine rings is 1. The van der Waals surface area contributed by atoms with Gasteiger partial charge in [-0.05, 0) is 57.1 Å². The van der Waals surface area contributed by atoms with Crippen molar-refractivity contribution in [2.45, 2.75) is 45.1 Å². The third kappa shape index (κ3) is 3.66. The number of likely N-dealkylation sites (tertiary alicyclic amines) is 1. The van der Waals surface area contributed by atoms with Crippen molar-refractivity contribution in [2.75, 3.05) is 31.1 Å². The second kappa shape index (κ2) is 7.30. The van der Waals surface area contributed by atoms with Crippen LogP contribution >= 0.6 is 0 Å². The molecule has 3 heterocycles. The Balaban J connectivity index is 1.74. The quantitative estimate of drug-likeness (QED) is 0.929. The summed E-state index contributed by atoms with van der Waals surface area (Å²) in [5, 5.41) is 9.75. The number of carbonyl (C=O) groups is 1. The number of piperidine rings is 2. The minimum absolute atomic E-state index is 0.116. The molecular formula is C18H27N3O2. The van der Waals surface area contributed by atoms with Crippen molar-refractivity contribution in [1.82, 2.24) is 9.88 Å². The van der Waals surface area contributed by atoms with Gasteiger partial charge in [0.1, 0.15) is 5.82 Å².